The van der Waals surface area contributed by atoms with Crippen LogP contribution in [0.4, 0.5) is 0 Å². The highest BCUT2D eigenvalue weighted by Gasteiger charge is 2.01. The molecule has 0 saturated heterocycles. The summed E-state index contributed by atoms with van der Waals surface area (Å²) in [6, 6.07) is 7.76. The zero-order valence-electron chi connectivity index (χ0n) is 8.36. The van der Waals surface area contributed by atoms with Crippen LogP contribution < -0.4 is 0 Å². The van der Waals surface area contributed by atoms with Crippen LogP contribution in [0.5, 0.6) is 0 Å². The molecule has 0 saturated carbocycles. The molecule has 3 nitrogen and oxygen atoms in total. The Kier molecular flexibility index (Phi) is 3.40. The van der Waals surface area contributed by atoms with Crippen molar-refractivity contribution in [3.05, 3.63) is 51.2 Å². The predicted octanol–water partition coefficient (Wildman–Crippen LogP) is 2.89. The fourth-order valence-corrected chi connectivity index (χ4v) is 1.14. The Bertz CT molecular complexity index is 352. The van der Waals surface area contributed by atoms with E-state index in [1.165, 1.54) is 12.5 Å². The minimum absolute atomic E-state index is 0.161. The van der Waals surface area contributed by atoms with Gasteiger partial charge in [0.2, 0.25) is 5.70 Å². The summed E-state index contributed by atoms with van der Waals surface area (Å²) < 4.78 is 0. The van der Waals surface area contributed by atoms with Crippen molar-refractivity contribution in [2.75, 3.05) is 0 Å². The maximum absolute atomic E-state index is 10.4. The lowest BCUT2D eigenvalue weighted by molar-refractivity contribution is -0.422. The second-order valence-electron chi connectivity index (χ2n) is 3.14. The first-order chi connectivity index (χ1) is 6.63. The van der Waals surface area contributed by atoms with Gasteiger partial charge >= 0.3 is 0 Å². The van der Waals surface area contributed by atoms with Gasteiger partial charge in [-0.15, -0.1) is 0 Å². The first-order valence-electron chi connectivity index (χ1n) is 4.55. The van der Waals surface area contributed by atoms with Crippen molar-refractivity contribution in [2.24, 2.45) is 0 Å². The van der Waals surface area contributed by atoms with E-state index in [0.29, 0.717) is 0 Å². The number of aryl methyl sites for hydroxylation is 1. The largest absolute Gasteiger partial charge is 0.259 e. The summed E-state index contributed by atoms with van der Waals surface area (Å²) in [7, 11) is 0. The van der Waals surface area contributed by atoms with E-state index in [4.69, 9.17) is 0 Å². The highest BCUT2D eigenvalue weighted by Crippen LogP contribution is 2.09. The van der Waals surface area contributed by atoms with Crippen molar-refractivity contribution in [3.63, 3.8) is 0 Å². The van der Waals surface area contributed by atoms with Gasteiger partial charge in [0.1, 0.15) is 0 Å². The van der Waals surface area contributed by atoms with Gasteiger partial charge < -0.3 is 0 Å². The molecule has 0 aliphatic heterocycles. The molecule has 0 atom stereocenters. The fraction of sp³-hybridized carbons (Fsp3) is 0.273. The highest BCUT2D eigenvalue weighted by atomic mass is 16.6. The van der Waals surface area contributed by atoms with Gasteiger partial charge in [-0.1, -0.05) is 31.2 Å². The summed E-state index contributed by atoms with van der Waals surface area (Å²) in [5.74, 6) is 0. The van der Waals surface area contributed by atoms with E-state index in [2.05, 4.69) is 6.92 Å². The van der Waals surface area contributed by atoms with Crippen molar-refractivity contribution in [2.45, 2.75) is 20.3 Å². The summed E-state index contributed by atoms with van der Waals surface area (Å²) in [6.45, 7) is 3.57. The van der Waals surface area contributed by atoms with Crippen LogP contribution in [0.15, 0.2) is 30.0 Å². The van der Waals surface area contributed by atoms with Gasteiger partial charge in [-0.05, 0) is 17.5 Å². The number of allylic oxidation sites excluding steroid dienone is 1. The normalized spacial score (nSPS) is 11.4. The van der Waals surface area contributed by atoms with E-state index in [9.17, 15) is 10.1 Å². The Morgan fingerprint density at radius 3 is 2.43 bits per heavy atom. The van der Waals surface area contributed by atoms with Gasteiger partial charge in [0.25, 0.3) is 0 Å². The van der Waals surface area contributed by atoms with Crippen LogP contribution in [-0.4, -0.2) is 4.92 Å². The lowest BCUT2D eigenvalue weighted by Crippen LogP contribution is -1.92. The molecule has 0 amide bonds. The van der Waals surface area contributed by atoms with Gasteiger partial charge in [0.05, 0.1) is 4.92 Å². The van der Waals surface area contributed by atoms with Crippen LogP contribution in [0.2, 0.25) is 0 Å². The number of rotatable bonds is 3. The molecule has 0 aliphatic carbocycles. The topological polar surface area (TPSA) is 43.1 Å². The summed E-state index contributed by atoms with van der Waals surface area (Å²) in [4.78, 5) is 9.98. The molecule has 0 N–H and O–H groups in total. The van der Waals surface area contributed by atoms with Gasteiger partial charge in [-0.3, -0.25) is 10.1 Å². The molecule has 14 heavy (non-hydrogen) atoms. The molecule has 0 heterocycles. The summed E-state index contributed by atoms with van der Waals surface area (Å²) >= 11 is 0. The third-order valence-electron chi connectivity index (χ3n) is 2.05. The number of hydrogen-bond donors (Lipinski definition) is 0. The number of nitro groups is 1. The van der Waals surface area contributed by atoms with Gasteiger partial charge in [0.15, 0.2) is 0 Å². The lowest BCUT2D eigenvalue weighted by Gasteiger charge is -1.97. The fourth-order valence-electron chi connectivity index (χ4n) is 1.14. The van der Waals surface area contributed by atoms with Crippen molar-refractivity contribution >= 4 is 6.08 Å². The van der Waals surface area contributed by atoms with Gasteiger partial charge in [0, 0.05) is 13.0 Å². The van der Waals surface area contributed by atoms with Gasteiger partial charge in [-0.25, -0.2) is 0 Å². The smallest absolute Gasteiger partial charge is 0.243 e. The number of nitrogens with zero attached hydrogens (tertiary/aromatic N) is 1. The lowest BCUT2D eigenvalue weighted by atomic mass is 10.1. The first-order valence-corrected chi connectivity index (χ1v) is 4.55. The molecule has 74 valence electrons. The highest BCUT2D eigenvalue weighted by molar-refractivity contribution is 5.50. The molecular formula is C11H13NO2. The molecule has 3 heteroatoms. The summed E-state index contributed by atoms with van der Waals surface area (Å²) in [6.07, 6.45) is 2.55. The van der Waals surface area contributed by atoms with Crippen LogP contribution in [0.1, 0.15) is 25.0 Å². The average molecular weight is 191 g/mol. The monoisotopic (exact) mass is 191 g/mol. The zero-order chi connectivity index (χ0) is 10.6. The minimum atomic E-state index is -0.381. The Labute approximate surface area is 83.2 Å². The molecule has 0 aliphatic rings. The van der Waals surface area contributed by atoms with E-state index in [1.807, 2.05) is 24.3 Å². The minimum Gasteiger partial charge on any atom is -0.259 e. The van der Waals surface area contributed by atoms with E-state index >= 15 is 0 Å². The second-order valence-corrected chi connectivity index (χ2v) is 3.14. The van der Waals surface area contributed by atoms with Crippen LogP contribution >= 0.6 is 0 Å². The quantitative estimate of drug-likeness (QED) is 0.544. The standard InChI is InChI=1S/C11H13NO2/c1-3-10-4-6-11(7-5-10)8-9(2)12(13)14/h4-8H,3H2,1-2H3. The van der Waals surface area contributed by atoms with Crippen molar-refractivity contribution in [1.29, 1.82) is 0 Å². The van der Waals surface area contributed by atoms with E-state index in [1.54, 1.807) is 6.08 Å². The van der Waals surface area contributed by atoms with E-state index < -0.39 is 0 Å². The molecule has 1 rings (SSSR count). The number of benzene rings is 1. The van der Waals surface area contributed by atoms with E-state index in [0.717, 1.165) is 12.0 Å². The van der Waals surface area contributed by atoms with Crippen LogP contribution in [0.25, 0.3) is 6.08 Å². The summed E-state index contributed by atoms with van der Waals surface area (Å²) in [5, 5.41) is 10.4. The predicted molar refractivity (Wildman–Crippen MR) is 56.5 cm³/mol. The molecule has 0 fully saturated rings. The summed E-state index contributed by atoms with van der Waals surface area (Å²) in [5.41, 5.74) is 2.27. The zero-order valence-corrected chi connectivity index (χ0v) is 8.36. The second kappa shape index (κ2) is 4.56. The molecule has 1 aromatic carbocycles. The Morgan fingerprint density at radius 1 is 1.43 bits per heavy atom. The SMILES string of the molecule is CCc1ccc(C=C(C)[N+](=O)[O-])cc1. The Hall–Kier alpha value is -1.64. The first kappa shape index (κ1) is 10.4. The molecule has 0 bridgehead atoms. The Balaban J connectivity index is 2.88. The Morgan fingerprint density at radius 2 is 2.00 bits per heavy atom. The molecule has 0 spiro atoms. The molecule has 0 radical (unpaired) electrons. The third kappa shape index (κ3) is 2.69. The molecule has 0 aromatic heterocycles. The van der Waals surface area contributed by atoms with Crippen molar-refractivity contribution in [1.82, 2.24) is 0 Å². The molecular weight excluding hydrogens is 178 g/mol. The van der Waals surface area contributed by atoms with Gasteiger partial charge in [-0.2, -0.15) is 0 Å². The number of hydrogen-bond acceptors (Lipinski definition) is 2. The van der Waals surface area contributed by atoms with Crippen LogP contribution in [0, 0.1) is 10.1 Å². The third-order valence-corrected chi connectivity index (χ3v) is 2.05. The van der Waals surface area contributed by atoms with E-state index in [-0.39, 0.29) is 10.6 Å². The van der Waals surface area contributed by atoms with Crippen LogP contribution in [-0.2, 0) is 6.42 Å². The maximum atomic E-state index is 10.4. The van der Waals surface area contributed by atoms with Crippen molar-refractivity contribution in [3.8, 4) is 0 Å². The molecule has 0 unspecified atom stereocenters. The van der Waals surface area contributed by atoms with Crippen LogP contribution in [0.3, 0.4) is 0 Å². The maximum Gasteiger partial charge on any atom is 0.243 e. The average Bonchev–Trinajstić information content (AvgIpc) is 2.19. The van der Waals surface area contributed by atoms with Crippen molar-refractivity contribution < 1.29 is 4.92 Å². The molecule has 1 aromatic rings.